The Morgan fingerprint density at radius 3 is 2.52 bits per heavy atom. The number of amides is 1. The number of halogens is 1. The normalized spacial score (nSPS) is 14.1. The number of rotatable bonds is 5. The van der Waals surface area contributed by atoms with E-state index in [-0.39, 0.29) is 29.5 Å². The highest BCUT2D eigenvalue weighted by Crippen LogP contribution is 2.27. The summed E-state index contributed by atoms with van der Waals surface area (Å²) in [6, 6.07) is 10.2. The van der Waals surface area contributed by atoms with Gasteiger partial charge in [0.15, 0.2) is 0 Å². The van der Waals surface area contributed by atoms with Crippen LogP contribution >= 0.6 is 0 Å². The van der Waals surface area contributed by atoms with Crippen LogP contribution in [0.1, 0.15) is 15.9 Å². The zero-order valence-electron chi connectivity index (χ0n) is 14.9. The highest BCUT2D eigenvalue weighted by Gasteiger charge is 2.24. The number of morpholine rings is 1. The largest absolute Gasteiger partial charge is 0.378 e. The molecule has 0 unspecified atom stereocenters. The number of carbonyl (C=O) groups excluding carboxylic acids is 1. The van der Waals surface area contributed by atoms with Gasteiger partial charge in [0.2, 0.25) is 0 Å². The Morgan fingerprint density at radius 1 is 1.22 bits per heavy atom. The monoisotopic (exact) mass is 373 g/mol. The van der Waals surface area contributed by atoms with Gasteiger partial charge in [-0.25, -0.2) is 4.39 Å². The number of benzene rings is 2. The van der Waals surface area contributed by atoms with Gasteiger partial charge in [0, 0.05) is 38.8 Å². The second-order valence-electron chi connectivity index (χ2n) is 6.35. The summed E-state index contributed by atoms with van der Waals surface area (Å²) in [5.41, 5.74) is 1.56. The van der Waals surface area contributed by atoms with Gasteiger partial charge in [-0.2, -0.15) is 0 Å². The van der Waals surface area contributed by atoms with Crippen LogP contribution in [0.25, 0.3) is 0 Å². The molecule has 1 amide bonds. The zero-order valence-corrected chi connectivity index (χ0v) is 14.9. The fourth-order valence-electron chi connectivity index (χ4n) is 3.03. The van der Waals surface area contributed by atoms with Crippen LogP contribution in [-0.4, -0.2) is 49.1 Å². The molecule has 142 valence electrons. The van der Waals surface area contributed by atoms with E-state index in [4.69, 9.17) is 4.74 Å². The van der Waals surface area contributed by atoms with Crippen LogP contribution in [0.15, 0.2) is 42.5 Å². The number of nitro groups is 1. The minimum Gasteiger partial charge on any atom is -0.378 e. The molecule has 3 rings (SSSR count). The Morgan fingerprint density at radius 2 is 1.89 bits per heavy atom. The number of nitro benzene ring substituents is 1. The first kappa shape index (κ1) is 18.8. The molecule has 2 aromatic carbocycles. The van der Waals surface area contributed by atoms with Crippen LogP contribution in [0.3, 0.4) is 0 Å². The molecule has 2 aromatic rings. The molecule has 1 aliphatic rings. The minimum absolute atomic E-state index is 0.134. The first-order valence-electron chi connectivity index (χ1n) is 8.57. The van der Waals surface area contributed by atoms with E-state index in [0.29, 0.717) is 32.0 Å². The molecular formula is C19H20FN3O4. The van der Waals surface area contributed by atoms with E-state index in [0.717, 1.165) is 5.56 Å². The van der Waals surface area contributed by atoms with Crippen molar-refractivity contribution in [2.75, 3.05) is 38.3 Å². The van der Waals surface area contributed by atoms with Gasteiger partial charge in [0.25, 0.3) is 11.6 Å². The summed E-state index contributed by atoms with van der Waals surface area (Å²) in [5, 5.41) is 11.2. The highest BCUT2D eigenvalue weighted by molar-refractivity contribution is 6.00. The SMILES string of the molecule is CN(Cc1ccc(F)cc1)C(=O)c1cc([N+](=O)[O-])ccc1N1CCOCC1. The Bertz CT molecular complexity index is 835. The second kappa shape index (κ2) is 8.13. The third-order valence-corrected chi connectivity index (χ3v) is 4.45. The zero-order chi connectivity index (χ0) is 19.4. The molecular weight excluding hydrogens is 353 g/mol. The Labute approximate surface area is 156 Å². The smallest absolute Gasteiger partial charge is 0.270 e. The quantitative estimate of drug-likeness (QED) is 0.595. The van der Waals surface area contributed by atoms with Crippen molar-refractivity contribution in [2.45, 2.75) is 6.54 Å². The van der Waals surface area contributed by atoms with Gasteiger partial charge in [-0.3, -0.25) is 14.9 Å². The molecule has 0 spiro atoms. The lowest BCUT2D eigenvalue weighted by Crippen LogP contribution is -2.38. The number of carbonyl (C=O) groups is 1. The molecule has 0 N–H and O–H groups in total. The van der Waals surface area contributed by atoms with E-state index in [2.05, 4.69) is 0 Å². The number of hydrogen-bond acceptors (Lipinski definition) is 5. The maximum Gasteiger partial charge on any atom is 0.270 e. The molecule has 0 aliphatic carbocycles. The van der Waals surface area contributed by atoms with Crippen molar-refractivity contribution in [1.29, 1.82) is 0 Å². The van der Waals surface area contributed by atoms with E-state index < -0.39 is 4.92 Å². The van der Waals surface area contributed by atoms with Gasteiger partial charge in [0.05, 0.1) is 29.4 Å². The van der Waals surface area contributed by atoms with Gasteiger partial charge in [-0.15, -0.1) is 0 Å². The van der Waals surface area contributed by atoms with Gasteiger partial charge < -0.3 is 14.5 Å². The Hall–Kier alpha value is -3.00. The first-order valence-corrected chi connectivity index (χ1v) is 8.57. The number of nitrogens with zero attached hydrogens (tertiary/aromatic N) is 3. The van der Waals surface area contributed by atoms with Crippen LogP contribution in [0.5, 0.6) is 0 Å². The van der Waals surface area contributed by atoms with Crippen molar-refractivity contribution in [3.63, 3.8) is 0 Å². The predicted octanol–water partition coefficient (Wildman–Crippen LogP) is 2.84. The molecule has 0 aromatic heterocycles. The van der Waals surface area contributed by atoms with Crippen molar-refractivity contribution >= 4 is 17.3 Å². The van der Waals surface area contributed by atoms with Crippen LogP contribution in [-0.2, 0) is 11.3 Å². The molecule has 27 heavy (non-hydrogen) atoms. The van der Waals surface area contributed by atoms with Gasteiger partial charge >= 0.3 is 0 Å². The van der Waals surface area contributed by atoms with Crippen LogP contribution in [0.2, 0.25) is 0 Å². The van der Waals surface area contributed by atoms with Crippen LogP contribution in [0.4, 0.5) is 15.8 Å². The molecule has 0 bridgehead atoms. The molecule has 0 atom stereocenters. The molecule has 0 radical (unpaired) electrons. The number of ether oxygens (including phenoxy) is 1. The maximum atomic E-state index is 13.1. The van der Waals surface area contributed by atoms with E-state index in [1.54, 1.807) is 25.2 Å². The second-order valence-corrected chi connectivity index (χ2v) is 6.35. The lowest BCUT2D eigenvalue weighted by Gasteiger charge is -2.31. The van der Waals surface area contributed by atoms with Crippen molar-refractivity contribution in [3.05, 3.63) is 69.5 Å². The predicted molar refractivity (Wildman–Crippen MR) is 98.3 cm³/mol. The third kappa shape index (κ3) is 4.40. The van der Waals surface area contributed by atoms with E-state index in [1.807, 2.05) is 4.90 Å². The van der Waals surface area contributed by atoms with E-state index >= 15 is 0 Å². The van der Waals surface area contributed by atoms with Crippen molar-refractivity contribution < 1.29 is 18.8 Å². The fraction of sp³-hybridized carbons (Fsp3) is 0.316. The lowest BCUT2D eigenvalue weighted by molar-refractivity contribution is -0.384. The minimum atomic E-state index is -0.514. The summed E-state index contributed by atoms with van der Waals surface area (Å²) in [6.07, 6.45) is 0. The lowest BCUT2D eigenvalue weighted by atomic mass is 10.1. The molecule has 1 heterocycles. The van der Waals surface area contributed by atoms with Crippen LogP contribution in [0, 0.1) is 15.9 Å². The average Bonchev–Trinajstić information content (AvgIpc) is 2.69. The molecule has 1 saturated heterocycles. The number of anilines is 1. The summed E-state index contributed by atoms with van der Waals surface area (Å²) >= 11 is 0. The first-order chi connectivity index (χ1) is 13.0. The van der Waals surface area contributed by atoms with Crippen molar-refractivity contribution in [2.24, 2.45) is 0 Å². The van der Waals surface area contributed by atoms with E-state index in [1.165, 1.54) is 29.2 Å². The van der Waals surface area contributed by atoms with Crippen LogP contribution < -0.4 is 4.90 Å². The van der Waals surface area contributed by atoms with E-state index in [9.17, 15) is 19.3 Å². The summed E-state index contributed by atoms with van der Waals surface area (Å²) < 4.78 is 18.4. The standard InChI is InChI=1S/C19H20FN3O4/c1-21(13-14-2-4-15(20)5-3-14)19(24)17-12-16(23(25)26)6-7-18(17)22-8-10-27-11-9-22/h2-7,12H,8-11,13H2,1H3. The molecule has 7 nitrogen and oxygen atoms in total. The Kier molecular flexibility index (Phi) is 5.66. The topological polar surface area (TPSA) is 75.9 Å². The summed E-state index contributed by atoms with van der Waals surface area (Å²) in [5.74, 6) is -0.675. The highest BCUT2D eigenvalue weighted by atomic mass is 19.1. The Balaban J connectivity index is 1.89. The maximum absolute atomic E-state index is 13.1. The molecule has 1 fully saturated rings. The molecule has 0 saturated carbocycles. The van der Waals surface area contributed by atoms with Crippen molar-refractivity contribution in [1.82, 2.24) is 4.90 Å². The van der Waals surface area contributed by atoms with Crippen molar-refractivity contribution in [3.8, 4) is 0 Å². The average molecular weight is 373 g/mol. The third-order valence-electron chi connectivity index (χ3n) is 4.45. The molecule has 8 heteroatoms. The summed E-state index contributed by atoms with van der Waals surface area (Å²) in [6.45, 7) is 2.57. The number of hydrogen-bond donors (Lipinski definition) is 0. The van der Waals surface area contributed by atoms with Gasteiger partial charge in [-0.1, -0.05) is 12.1 Å². The van der Waals surface area contributed by atoms with Gasteiger partial charge in [-0.05, 0) is 23.8 Å². The molecule has 1 aliphatic heterocycles. The summed E-state index contributed by atoms with van der Waals surface area (Å²) in [4.78, 5) is 27.1. The fourth-order valence-corrected chi connectivity index (χ4v) is 3.03. The number of non-ortho nitro benzene ring substituents is 1. The summed E-state index contributed by atoms with van der Waals surface area (Å²) in [7, 11) is 1.62. The van der Waals surface area contributed by atoms with Gasteiger partial charge in [0.1, 0.15) is 5.82 Å².